The summed E-state index contributed by atoms with van der Waals surface area (Å²) in [5.74, 6) is 0. The van der Waals surface area contributed by atoms with E-state index < -0.39 is 0 Å². The Bertz CT molecular complexity index is 162. The van der Waals surface area contributed by atoms with Crippen LogP contribution in [0.4, 0.5) is 0 Å². The predicted molar refractivity (Wildman–Crippen MR) is 26.3 cm³/mol. The van der Waals surface area contributed by atoms with Crippen LogP contribution in [0.3, 0.4) is 0 Å². The normalized spacial score (nSPS) is 31.0. The number of hydrogen-bond acceptors (Lipinski definition) is 3. The molecular weight excluding hydrogens is 106 g/mol. The monoisotopic (exact) mass is 111 g/mol. The van der Waals surface area contributed by atoms with Gasteiger partial charge in [0.15, 0.2) is 0 Å². The average molecular weight is 111 g/mol. The molecule has 3 nitrogen and oxygen atoms in total. The zero-order valence-electron chi connectivity index (χ0n) is 4.13. The maximum atomic E-state index is 4.71. The number of nitrogens with one attached hydrogen (secondary N) is 1. The first-order valence-corrected chi connectivity index (χ1v) is 2.42. The van der Waals surface area contributed by atoms with E-state index in [9.17, 15) is 0 Å². The van der Waals surface area contributed by atoms with Crippen LogP contribution in [0, 0.1) is 0 Å². The molecule has 0 spiro atoms. The lowest BCUT2D eigenvalue weighted by Gasteiger charge is -1.90. The third kappa shape index (κ3) is 0.484. The highest BCUT2D eigenvalue weighted by molar-refractivity contribution is 5.25. The Morgan fingerprint density at radius 2 is 2.62 bits per heavy atom. The number of allylic oxidation sites excluding steroid dienone is 2. The Morgan fingerprint density at radius 3 is 3.62 bits per heavy atom. The van der Waals surface area contributed by atoms with Gasteiger partial charge in [-0.05, 0) is 12.2 Å². The van der Waals surface area contributed by atoms with Crippen molar-refractivity contribution < 1.29 is 9.78 Å². The smallest absolute Gasteiger partial charge is 0.214 e. The third-order valence-corrected chi connectivity index (χ3v) is 1.06. The zero-order valence-corrected chi connectivity index (χ0v) is 4.13. The molecule has 1 saturated heterocycles. The fourth-order valence-corrected chi connectivity index (χ4v) is 0.584. The first-order valence-electron chi connectivity index (χ1n) is 2.42. The van der Waals surface area contributed by atoms with Crippen molar-refractivity contribution in [3.63, 3.8) is 0 Å². The van der Waals surface area contributed by atoms with Crippen LogP contribution in [0.5, 0.6) is 0 Å². The van der Waals surface area contributed by atoms with Gasteiger partial charge in [0.05, 0.1) is 5.70 Å². The van der Waals surface area contributed by atoms with Crippen LogP contribution in [0.2, 0.25) is 0 Å². The molecule has 0 aromatic rings. The molecule has 2 rings (SSSR count). The fourth-order valence-electron chi connectivity index (χ4n) is 0.584. The molecule has 1 N–H and O–H groups in total. The van der Waals surface area contributed by atoms with E-state index in [-0.39, 0.29) is 6.23 Å². The highest BCUT2D eigenvalue weighted by Crippen LogP contribution is 2.18. The van der Waals surface area contributed by atoms with E-state index in [0.29, 0.717) is 0 Å². The second-order valence-corrected chi connectivity index (χ2v) is 1.67. The van der Waals surface area contributed by atoms with Gasteiger partial charge in [0.1, 0.15) is 6.26 Å². The summed E-state index contributed by atoms with van der Waals surface area (Å²) in [6.45, 7) is 0. The van der Waals surface area contributed by atoms with Crippen molar-refractivity contribution in [1.82, 2.24) is 5.32 Å². The third-order valence-electron chi connectivity index (χ3n) is 1.06. The predicted octanol–water partition coefficient (Wildman–Crippen LogP) is 0.275. The molecule has 2 aliphatic rings. The molecule has 2 aliphatic heterocycles. The van der Waals surface area contributed by atoms with Crippen LogP contribution in [0.15, 0.2) is 24.1 Å². The summed E-state index contributed by atoms with van der Waals surface area (Å²) in [6, 6.07) is 0. The summed E-state index contributed by atoms with van der Waals surface area (Å²) < 4.78 is 0. The second-order valence-electron chi connectivity index (χ2n) is 1.67. The molecule has 1 fully saturated rings. The Kier molecular flexibility index (Phi) is 0.625. The van der Waals surface area contributed by atoms with Gasteiger partial charge < -0.3 is 10.2 Å². The fraction of sp³-hybridized carbons (Fsp3) is 0.200. The molecular formula is C5H5NO2. The maximum absolute atomic E-state index is 4.71. The largest absolute Gasteiger partial charge is 0.351 e. The summed E-state index contributed by atoms with van der Waals surface area (Å²) in [4.78, 5) is 9.26. The van der Waals surface area contributed by atoms with Gasteiger partial charge in [-0.2, -0.15) is 4.89 Å². The first-order chi connectivity index (χ1) is 3.97. The summed E-state index contributed by atoms with van der Waals surface area (Å²) in [5.41, 5.74) is 1.08. The molecule has 0 aromatic heterocycles. The lowest BCUT2D eigenvalue weighted by molar-refractivity contribution is -0.256. The molecule has 3 heteroatoms. The van der Waals surface area contributed by atoms with Crippen molar-refractivity contribution >= 4 is 0 Å². The quantitative estimate of drug-likeness (QED) is 0.360. The van der Waals surface area contributed by atoms with Crippen molar-refractivity contribution in [2.45, 2.75) is 6.23 Å². The molecule has 42 valence electrons. The summed E-state index contributed by atoms with van der Waals surface area (Å²) in [6.07, 6.45) is 5.22. The van der Waals surface area contributed by atoms with Crippen molar-refractivity contribution in [2.24, 2.45) is 0 Å². The van der Waals surface area contributed by atoms with Crippen LogP contribution in [-0.2, 0) is 9.78 Å². The number of hydrogen-bond donors (Lipinski definition) is 1. The molecule has 0 bridgehead atoms. The molecule has 0 aliphatic carbocycles. The maximum Gasteiger partial charge on any atom is 0.214 e. The van der Waals surface area contributed by atoms with E-state index >= 15 is 0 Å². The van der Waals surface area contributed by atoms with E-state index in [4.69, 9.17) is 4.89 Å². The van der Waals surface area contributed by atoms with Gasteiger partial charge in [-0.15, -0.1) is 0 Å². The van der Waals surface area contributed by atoms with Gasteiger partial charge in [-0.25, -0.2) is 0 Å². The second kappa shape index (κ2) is 1.26. The Labute approximate surface area is 46.5 Å². The minimum Gasteiger partial charge on any atom is -0.351 e. The van der Waals surface area contributed by atoms with Crippen LogP contribution >= 0.6 is 0 Å². The van der Waals surface area contributed by atoms with Gasteiger partial charge >= 0.3 is 0 Å². The Morgan fingerprint density at radius 1 is 1.62 bits per heavy atom. The Balaban J connectivity index is 2.19. The molecule has 0 amide bonds. The van der Waals surface area contributed by atoms with Crippen molar-refractivity contribution in [1.29, 1.82) is 0 Å². The minimum absolute atomic E-state index is 0.0185. The summed E-state index contributed by atoms with van der Waals surface area (Å²) >= 11 is 0. The van der Waals surface area contributed by atoms with E-state index in [0.717, 1.165) is 5.70 Å². The first kappa shape index (κ1) is 3.97. The van der Waals surface area contributed by atoms with E-state index in [1.807, 2.05) is 6.08 Å². The highest BCUT2D eigenvalue weighted by atomic mass is 17.2. The van der Waals surface area contributed by atoms with Gasteiger partial charge in [-0.3, -0.25) is 0 Å². The minimum atomic E-state index is 0.0185. The molecule has 0 radical (unpaired) electrons. The van der Waals surface area contributed by atoms with Crippen LogP contribution in [0.25, 0.3) is 0 Å². The van der Waals surface area contributed by atoms with Crippen LogP contribution in [-0.4, -0.2) is 6.23 Å². The van der Waals surface area contributed by atoms with E-state index in [1.165, 1.54) is 6.26 Å². The van der Waals surface area contributed by atoms with Crippen molar-refractivity contribution in [3.05, 3.63) is 24.1 Å². The van der Waals surface area contributed by atoms with Gasteiger partial charge in [-0.1, -0.05) is 0 Å². The van der Waals surface area contributed by atoms with Gasteiger partial charge in [0.25, 0.3) is 0 Å². The topological polar surface area (TPSA) is 40.4 Å². The molecule has 2 heterocycles. The van der Waals surface area contributed by atoms with Gasteiger partial charge in [0.2, 0.25) is 6.23 Å². The van der Waals surface area contributed by atoms with Crippen LogP contribution in [0.1, 0.15) is 0 Å². The standard InChI is InChI=1S/C5H5NO2/c1-2-4-5(6-4)8-7-3-1/h1-3,5-6H. The molecule has 1 atom stereocenters. The van der Waals surface area contributed by atoms with Gasteiger partial charge in [0, 0.05) is 0 Å². The van der Waals surface area contributed by atoms with Crippen molar-refractivity contribution in [3.8, 4) is 0 Å². The van der Waals surface area contributed by atoms with E-state index in [2.05, 4.69) is 10.2 Å². The molecule has 0 saturated carbocycles. The SMILES string of the molecule is C1=COOC2NC2=C1. The van der Waals surface area contributed by atoms with Crippen LogP contribution < -0.4 is 5.32 Å². The molecule has 0 aromatic carbocycles. The highest BCUT2D eigenvalue weighted by Gasteiger charge is 2.31. The molecule has 1 unspecified atom stereocenters. The molecule has 8 heavy (non-hydrogen) atoms. The lowest BCUT2D eigenvalue weighted by Crippen LogP contribution is -1.94. The van der Waals surface area contributed by atoms with E-state index in [1.54, 1.807) is 6.08 Å². The Hall–Kier alpha value is -0.960. The lowest BCUT2D eigenvalue weighted by atomic mass is 10.5. The summed E-state index contributed by atoms with van der Waals surface area (Å²) in [5, 5.41) is 2.93. The van der Waals surface area contributed by atoms with Crippen molar-refractivity contribution in [2.75, 3.05) is 0 Å². The average Bonchev–Trinajstić information content (AvgIpc) is 2.36. The number of rotatable bonds is 0. The number of fused-ring (bicyclic) bond motifs is 1. The zero-order chi connectivity index (χ0) is 5.40. The summed E-state index contributed by atoms with van der Waals surface area (Å²) in [7, 11) is 0.